The van der Waals surface area contributed by atoms with Crippen LogP contribution < -0.4 is 16.4 Å². The second-order valence-electron chi connectivity index (χ2n) is 8.95. The Kier molecular flexibility index (Phi) is 9.66. The lowest BCUT2D eigenvalue weighted by atomic mass is 10.1. The summed E-state index contributed by atoms with van der Waals surface area (Å²) in [4.78, 5) is 36.0. The van der Waals surface area contributed by atoms with Gasteiger partial charge in [0.1, 0.15) is 5.69 Å². The van der Waals surface area contributed by atoms with E-state index in [0.717, 1.165) is 31.7 Å². The summed E-state index contributed by atoms with van der Waals surface area (Å²) in [6, 6.07) is 10.5. The Morgan fingerprint density at radius 3 is 2.50 bits per heavy atom. The molecule has 0 atom stereocenters. The number of carbonyl (C=O) groups is 2. The van der Waals surface area contributed by atoms with Gasteiger partial charge in [-0.25, -0.2) is 4.79 Å². The van der Waals surface area contributed by atoms with E-state index in [1.165, 1.54) is 19.3 Å². The summed E-state index contributed by atoms with van der Waals surface area (Å²) < 4.78 is 0. The molecule has 0 unspecified atom stereocenters. The largest absolute Gasteiger partial charge is 0.397 e. The van der Waals surface area contributed by atoms with E-state index in [1.807, 2.05) is 32.3 Å². The highest BCUT2D eigenvalue weighted by molar-refractivity contribution is 6.04. The van der Waals surface area contributed by atoms with Gasteiger partial charge in [-0.2, -0.15) is 0 Å². The highest BCUT2D eigenvalue weighted by Gasteiger charge is 2.16. The summed E-state index contributed by atoms with van der Waals surface area (Å²) in [5, 5.41) is 5.84. The zero-order chi connectivity index (χ0) is 24.3. The minimum Gasteiger partial charge on any atom is -0.397 e. The number of likely N-dealkylation sites (tertiary alicyclic amines) is 1. The highest BCUT2D eigenvalue weighted by Crippen LogP contribution is 2.17. The number of rotatable bonds is 10. The molecule has 3 rings (SSSR count). The number of amides is 3. The number of para-hydroxylation sites is 2. The number of benzene rings is 1. The maximum Gasteiger partial charge on any atom is 0.317 e. The number of nitrogens with zero attached hydrogens (tertiary/aromatic N) is 4. The van der Waals surface area contributed by atoms with Crippen molar-refractivity contribution < 1.29 is 9.59 Å². The van der Waals surface area contributed by atoms with Crippen LogP contribution in [0.15, 0.2) is 42.6 Å². The number of nitrogen functional groups attached to an aromatic ring is 1. The fourth-order valence-corrected chi connectivity index (χ4v) is 3.86. The van der Waals surface area contributed by atoms with Crippen LogP contribution in [0, 0.1) is 0 Å². The van der Waals surface area contributed by atoms with Crippen molar-refractivity contribution in [1.29, 1.82) is 0 Å². The van der Waals surface area contributed by atoms with Crippen LogP contribution in [0.2, 0.25) is 0 Å². The molecule has 2 aromatic rings. The first-order valence-corrected chi connectivity index (χ1v) is 11.9. The third-order valence-electron chi connectivity index (χ3n) is 5.90. The number of urea groups is 1. The van der Waals surface area contributed by atoms with Gasteiger partial charge < -0.3 is 31.1 Å². The second-order valence-corrected chi connectivity index (χ2v) is 8.95. The molecule has 9 heteroatoms. The molecule has 34 heavy (non-hydrogen) atoms. The Balaban J connectivity index is 1.56. The van der Waals surface area contributed by atoms with Gasteiger partial charge in [-0.1, -0.05) is 24.6 Å². The molecule has 0 aliphatic carbocycles. The second kappa shape index (κ2) is 12.9. The summed E-state index contributed by atoms with van der Waals surface area (Å²) in [6.45, 7) is 5.52. The van der Waals surface area contributed by atoms with Gasteiger partial charge in [0, 0.05) is 38.9 Å². The molecule has 3 amide bonds. The molecule has 0 radical (unpaired) electrons. The maximum atomic E-state index is 12.9. The number of pyridine rings is 1. The van der Waals surface area contributed by atoms with Crippen LogP contribution in [-0.4, -0.2) is 85.0 Å². The molecule has 1 aromatic carbocycles. The van der Waals surface area contributed by atoms with Crippen molar-refractivity contribution in [2.24, 2.45) is 0 Å². The molecule has 1 saturated heterocycles. The van der Waals surface area contributed by atoms with Crippen molar-refractivity contribution >= 4 is 23.3 Å². The predicted octanol–water partition coefficient (Wildman–Crippen LogP) is 2.48. The quantitative estimate of drug-likeness (QED) is 0.464. The Bertz CT molecular complexity index is 927. The monoisotopic (exact) mass is 467 g/mol. The number of carbonyl (C=O) groups excluding carboxylic acids is 2. The molecule has 1 aliphatic rings. The summed E-state index contributed by atoms with van der Waals surface area (Å²) in [7, 11) is 3.97. The van der Waals surface area contributed by atoms with Gasteiger partial charge in [0.2, 0.25) is 0 Å². The van der Waals surface area contributed by atoms with Crippen LogP contribution in [0.5, 0.6) is 0 Å². The van der Waals surface area contributed by atoms with Crippen LogP contribution in [0.4, 0.5) is 16.2 Å². The van der Waals surface area contributed by atoms with E-state index in [4.69, 9.17) is 5.73 Å². The van der Waals surface area contributed by atoms with Gasteiger partial charge in [-0.3, -0.25) is 9.78 Å². The van der Waals surface area contributed by atoms with Crippen molar-refractivity contribution in [3.8, 4) is 0 Å². The Morgan fingerprint density at radius 2 is 1.82 bits per heavy atom. The van der Waals surface area contributed by atoms with E-state index >= 15 is 0 Å². The van der Waals surface area contributed by atoms with E-state index in [1.54, 1.807) is 29.3 Å². The third kappa shape index (κ3) is 8.00. The van der Waals surface area contributed by atoms with Gasteiger partial charge in [0.05, 0.1) is 11.4 Å². The molecule has 1 aromatic heterocycles. The number of hydrogen-bond donors (Lipinski definition) is 3. The number of nitrogens with two attached hydrogens (primary N) is 1. The van der Waals surface area contributed by atoms with Gasteiger partial charge in [0.15, 0.2) is 0 Å². The van der Waals surface area contributed by atoms with Crippen LogP contribution in [0.3, 0.4) is 0 Å². The molecule has 2 heterocycles. The highest BCUT2D eigenvalue weighted by atomic mass is 16.2. The standard InChI is InChI=1S/C25H37N7O2/c1-30(2)16-17-32(25(34)27-12-15-31-13-6-3-7-14-31)19-20-10-11-23(28-18-20)24(33)29-22-9-5-4-8-21(22)26/h4-5,8-11,18H,3,6-7,12-17,19,26H2,1-2H3,(H,27,34)(H,29,33). The molecular weight excluding hydrogens is 430 g/mol. The molecule has 1 aliphatic heterocycles. The van der Waals surface area contributed by atoms with Crippen LogP contribution in [-0.2, 0) is 6.54 Å². The van der Waals surface area contributed by atoms with Gasteiger partial charge in [0.25, 0.3) is 5.91 Å². The van der Waals surface area contributed by atoms with Crippen molar-refractivity contribution in [2.45, 2.75) is 25.8 Å². The van der Waals surface area contributed by atoms with E-state index in [-0.39, 0.29) is 17.6 Å². The minimum atomic E-state index is -0.329. The first-order valence-electron chi connectivity index (χ1n) is 11.9. The summed E-state index contributed by atoms with van der Waals surface area (Å²) in [5.74, 6) is -0.329. The molecule has 0 spiro atoms. The number of anilines is 2. The average Bonchev–Trinajstić information content (AvgIpc) is 2.84. The van der Waals surface area contributed by atoms with Crippen LogP contribution in [0.25, 0.3) is 0 Å². The maximum absolute atomic E-state index is 12.9. The van der Waals surface area contributed by atoms with E-state index < -0.39 is 0 Å². The van der Waals surface area contributed by atoms with Crippen molar-refractivity contribution in [3.05, 3.63) is 53.9 Å². The lowest BCUT2D eigenvalue weighted by molar-refractivity contribution is 0.102. The van der Waals surface area contributed by atoms with Crippen molar-refractivity contribution in [1.82, 2.24) is 25.0 Å². The first kappa shape index (κ1) is 25.5. The normalized spacial score (nSPS) is 14.1. The fourth-order valence-electron chi connectivity index (χ4n) is 3.86. The number of piperidine rings is 1. The summed E-state index contributed by atoms with van der Waals surface area (Å²) in [6.07, 6.45) is 5.42. The van der Waals surface area contributed by atoms with Gasteiger partial charge >= 0.3 is 6.03 Å². The molecule has 0 saturated carbocycles. The number of nitrogens with one attached hydrogen (secondary N) is 2. The zero-order valence-corrected chi connectivity index (χ0v) is 20.3. The Morgan fingerprint density at radius 1 is 1.06 bits per heavy atom. The number of aromatic nitrogens is 1. The number of likely N-dealkylation sites (N-methyl/N-ethyl adjacent to an activating group) is 1. The van der Waals surface area contributed by atoms with E-state index in [0.29, 0.717) is 31.0 Å². The Labute approximate surface area is 202 Å². The fraction of sp³-hybridized carbons (Fsp3) is 0.480. The van der Waals surface area contributed by atoms with Crippen LogP contribution >= 0.6 is 0 Å². The minimum absolute atomic E-state index is 0.0831. The third-order valence-corrected chi connectivity index (χ3v) is 5.90. The summed E-state index contributed by atoms with van der Waals surface area (Å²) >= 11 is 0. The molecule has 184 valence electrons. The SMILES string of the molecule is CN(C)CCN(Cc1ccc(C(=O)Nc2ccccc2N)nc1)C(=O)NCCN1CCCCC1. The molecule has 9 nitrogen and oxygen atoms in total. The zero-order valence-electron chi connectivity index (χ0n) is 20.3. The molecule has 4 N–H and O–H groups in total. The lowest BCUT2D eigenvalue weighted by Crippen LogP contribution is -2.45. The predicted molar refractivity (Wildman–Crippen MR) is 136 cm³/mol. The smallest absolute Gasteiger partial charge is 0.317 e. The van der Waals surface area contributed by atoms with Crippen molar-refractivity contribution in [2.75, 3.05) is 64.4 Å². The molecular formula is C25H37N7O2. The van der Waals surface area contributed by atoms with Gasteiger partial charge in [-0.15, -0.1) is 0 Å². The van der Waals surface area contributed by atoms with E-state index in [2.05, 4.69) is 25.4 Å². The Hall–Kier alpha value is -3.17. The first-order chi connectivity index (χ1) is 16.4. The lowest BCUT2D eigenvalue weighted by Gasteiger charge is -2.28. The summed E-state index contributed by atoms with van der Waals surface area (Å²) in [5.41, 5.74) is 8.09. The molecule has 0 bridgehead atoms. The topological polar surface area (TPSA) is 107 Å². The van der Waals surface area contributed by atoms with E-state index in [9.17, 15) is 9.59 Å². The number of hydrogen-bond acceptors (Lipinski definition) is 6. The van der Waals surface area contributed by atoms with Crippen LogP contribution in [0.1, 0.15) is 35.3 Å². The van der Waals surface area contributed by atoms with Crippen molar-refractivity contribution in [3.63, 3.8) is 0 Å². The molecule has 1 fully saturated rings. The average molecular weight is 468 g/mol. The van der Waals surface area contributed by atoms with Gasteiger partial charge in [-0.05, 0) is 63.8 Å².